The van der Waals surface area contributed by atoms with Gasteiger partial charge in [0.25, 0.3) is 5.69 Å². The van der Waals surface area contributed by atoms with Gasteiger partial charge in [0, 0.05) is 18.2 Å². The molecule has 1 aromatic heterocycles. The number of carbonyl (C=O) groups is 2. The van der Waals surface area contributed by atoms with Crippen molar-refractivity contribution in [2.45, 2.75) is 49.7 Å². The number of aromatic nitrogens is 1. The van der Waals surface area contributed by atoms with Crippen LogP contribution in [-0.4, -0.2) is 38.6 Å². The van der Waals surface area contributed by atoms with E-state index in [1.807, 2.05) is 45.0 Å². The van der Waals surface area contributed by atoms with Crippen molar-refractivity contribution in [2.75, 3.05) is 11.4 Å². The third kappa shape index (κ3) is 3.79. The van der Waals surface area contributed by atoms with Crippen LogP contribution < -0.4 is 15.6 Å². The van der Waals surface area contributed by atoms with E-state index in [0.29, 0.717) is 29.4 Å². The second-order valence-electron chi connectivity index (χ2n) is 9.92. The molecule has 0 aliphatic carbocycles. The molecule has 2 aromatic carbocycles. The first-order valence-electron chi connectivity index (χ1n) is 11.4. The van der Waals surface area contributed by atoms with Gasteiger partial charge in [0.15, 0.2) is 0 Å². The van der Waals surface area contributed by atoms with Crippen molar-refractivity contribution in [1.82, 2.24) is 9.88 Å². The third-order valence-electron chi connectivity index (χ3n) is 6.39. The quantitative estimate of drug-likeness (QED) is 0.402. The van der Waals surface area contributed by atoms with Crippen LogP contribution in [0.5, 0.6) is 0 Å². The monoisotopic (exact) mass is 508 g/mol. The van der Waals surface area contributed by atoms with Gasteiger partial charge < -0.3 is 19.9 Å². The van der Waals surface area contributed by atoms with Crippen molar-refractivity contribution in [3.8, 4) is 0 Å². The summed E-state index contributed by atoms with van der Waals surface area (Å²) in [5.41, 5.74) is 0.378. The lowest BCUT2D eigenvalue weighted by Crippen LogP contribution is -2.50. The molecular formula is C25H24N4O6S. The number of hydrogen-bond acceptors (Lipinski definition) is 7. The van der Waals surface area contributed by atoms with Crippen molar-refractivity contribution in [3.05, 3.63) is 73.4 Å². The van der Waals surface area contributed by atoms with Crippen LogP contribution in [0.4, 0.5) is 11.4 Å². The zero-order valence-corrected chi connectivity index (χ0v) is 20.7. The largest absolute Gasteiger partial charge is 0.477 e. The summed E-state index contributed by atoms with van der Waals surface area (Å²) in [5, 5.41) is 25.1. The molecule has 0 spiro atoms. The first kappa shape index (κ1) is 23.9. The van der Waals surface area contributed by atoms with Crippen LogP contribution in [0.1, 0.15) is 48.3 Å². The maximum atomic E-state index is 13.6. The Balaban J connectivity index is 1.75. The number of benzene rings is 2. The first-order chi connectivity index (χ1) is 17.0. The fraction of sp³-hybridized carbons (Fsp3) is 0.320. The van der Waals surface area contributed by atoms with Crippen LogP contribution in [-0.2, 0) is 17.1 Å². The summed E-state index contributed by atoms with van der Waals surface area (Å²) in [4.78, 5) is 51.7. The molecule has 1 atom stereocenters. The Morgan fingerprint density at radius 3 is 2.56 bits per heavy atom. The maximum absolute atomic E-state index is 13.6. The number of fused-ring (bicyclic) bond motifs is 4. The van der Waals surface area contributed by atoms with Gasteiger partial charge in [0.1, 0.15) is 17.3 Å². The number of nitrogens with zero attached hydrogens (tertiary/aromatic N) is 3. The van der Waals surface area contributed by atoms with E-state index < -0.39 is 27.9 Å². The molecule has 5 rings (SSSR count). The number of rotatable bonds is 4. The predicted octanol–water partition coefficient (Wildman–Crippen LogP) is 3.69. The molecule has 11 heteroatoms. The summed E-state index contributed by atoms with van der Waals surface area (Å²) in [7, 11) is 0. The van der Waals surface area contributed by atoms with E-state index in [2.05, 4.69) is 5.32 Å². The summed E-state index contributed by atoms with van der Waals surface area (Å²) >= 11 is 1.24. The zero-order valence-electron chi connectivity index (χ0n) is 19.9. The van der Waals surface area contributed by atoms with Crippen molar-refractivity contribution in [2.24, 2.45) is 0 Å². The van der Waals surface area contributed by atoms with Crippen LogP contribution in [0.3, 0.4) is 0 Å². The summed E-state index contributed by atoms with van der Waals surface area (Å²) in [6, 6.07) is 9.42. The number of nitrogens with one attached hydrogen (secondary N) is 1. The molecule has 2 N–H and O–H groups in total. The second kappa shape index (κ2) is 8.37. The highest BCUT2D eigenvalue weighted by Crippen LogP contribution is 2.43. The number of aromatic carboxylic acids is 1. The van der Waals surface area contributed by atoms with Crippen LogP contribution >= 0.6 is 11.8 Å². The van der Waals surface area contributed by atoms with Gasteiger partial charge in [-0.05, 0) is 44.4 Å². The van der Waals surface area contributed by atoms with Crippen molar-refractivity contribution >= 4 is 45.9 Å². The molecule has 2 aliphatic rings. The van der Waals surface area contributed by atoms with Crippen molar-refractivity contribution in [3.63, 3.8) is 0 Å². The van der Waals surface area contributed by atoms with Crippen LogP contribution in [0.25, 0.3) is 10.9 Å². The normalized spacial score (nSPS) is 16.6. The molecule has 2 aliphatic heterocycles. The molecule has 186 valence electrons. The smallest absolute Gasteiger partial charge is 0.342 e. The fourth-order valence-corrected chi connectivity index (χ4v) is 5.84. The number of anilines is 1. The Kier molecular flexibility index (Phi) is 5.55. The molecule has 36 heavy (non-hydrogen) atoms. The van der Waals surface area contributed by atoms with E-state index in [0.717, 1.165) is 17.2 Å². The van der Waals surface area contributed by atoms with Gasteiger partial charge in [0.05, 0.1) is 26.7 Å². The molecule has 0 bridgehead atoms. The molecule has 0 saturated carbocycles. The lowest BCUT2D eigenvalue weighted by atomic mass is 9.90. The number of pyridine rings is 1. The first-order valence-corrected chi connectivity index (χ1v) is 12.4. The molecule has 0 radical (unpaired) electrons. The molecule has 0 fully saturated rings. The van der Waals surface area contributed by atoms with Gasteiger partial charge in [-0.25, -0.2) is 4.79 Å². The van der Waals surface area contributed by atoms with Gasteiger partial charge in [-0.15, -0.1) is 0 Å². The minimum Gasteiger partial charge on any atom is -0.477 e. The number of thioether (sulfide) groups is 1. The van der Waals surface area contributed by atoms with E-state index in [9.17, 15) is 29.6 Å². The fourth-order valence-electron chi connectivity index (χ4n) is 4.89. The highest BCUT2D eigenvalue weighted by molar-refractivity contribution is 7.99. The minimum atomic E-state index is -1.36. The molecule has 1 amide bonds. The highest BCUT2D eigenvalue weighted by Gasteiger charge is 2.38. The van der Waals surface area contributed by atoms with E-state index in [1.165, 1.54) is 11.8 Å². The van der Waals surface area contributed by atoms with Gasteiger partial charge in [-0.2, -0.15) is 0 Å². The lowest BCUT2D eigenvalue weighted by molar-refractivity contribution is -0.384. The molecule has 3 heterocycles. The average molecular weight is 509 g/mol. The Morgan fingerprint density at radius 1 is 1.22 bits per heavy atom. The van der Waals surface area contributed by atoms with Crippen molar-refractivity contribution in [1.29, 1.82) is 0 Å². The summed E-state index contributed by atoms with van der Waals surface area (Å²) in [6.45, 7) is 5.95. The van der Waals surface area contributed by atoms with Crippen LogP contribution in [0, 0.1) is 10.1 Å². The molecule has 0 saturated heterocycles. The number of amides is 1. The average Bonchev–Trinajstić information content (AvgIpc) is 2.78. The Hall–Kier alpha value is -3.86. The number of nitro benzene ring substituents is 1. The topological polar surface area (TPSA) is 135 Å². The number of hydrogen-bond donors (Lipinski definition) is 2. The Bertz CT molecular complexity index is 1520. The Labute approximate surface area is 210 Å². The predicted molar refractivity (Wildman–Crippen MR) is 136 cm³/mol. The number of nitro groups is 1. The van der Waals surface area contributed by atoms with Gasteiger partial charge in [-0.3, -0.25) is 19.7 Å². The van der Waals surface area contributed by atoms with Gasteiger partial charge >= 0.3 is 5.97 Å². The van der Waals surface area contributed by atoms with Crippen LogP contribution in [0.15, 0.2) is 46.2 Å². The molecular weight excluding hydrogens is 484 g/mol. The van der Waals surface area contributed by atoms with Crippen LogP contribution in [0.2, 0.25) is 0 Å². The highest BCUT2D eigenvalue weighted by atomic mass is 32.2. The van der Waals surface area contributed by atoms with E-state index in [-0.39, 0.29) is 28.2 Å². The molecule has 3 aromatic rings. The van der Waals surface area contributed by atoms with E-state index >= 15 is 0 Å². The zero-order chi connectivity index (χ0) is 25.9. The third-order valence-corrected chi connectivity index (χ3v) is 7.48. The lowest BCUT2D eigenvalue weighted by Gasteiger charge is -2.39. The maximum Gasteiger partial charge on any atom is 0.342 e. The second-order valence-corrected chi connectivity index (χ2v) is 10.8. The summed E-state index contributed by atoms with van der Waals surface area (Å²) < 4.78 is 1.68. The number of carbonyl (C=O) groups excluding carboxylic acids is 1. The SMILES string of the molecule is CC(C)(C)NC(=O)C1c2ccccc2CCN1c1cc2c(cc1[N+](=O)[O-])c(=O)c(C(=O)O)c1n2CS1. The number of carboxylic acid groups (broad SMARTS) is 1. The van der Waals surface area contributed by atoms with Crippen molar-refractivity contribution < 1.29 is 19.6 Å². The Morgan fingerprint density at radius 2 is 1.94 bits per heavy atom. The van der Waals surface area contributed by atoms with Gasteiger partial charge in [0.2, 0.25) is 11.3 Å². The van der Waals surface area contributed by atoms with E-state index in [1.54, 1.807) is 15.5 Å². The minimum absolute atomic E-state index is 0.0278. The molecule has 10 nitrogen and oxygen atoms in total. The van der Waals surface area contributed by atoms with E-state index in [4.69, 9.17) is 0 Å². The number of carboxylic acids is 1. The molecule has 1 unspecified atom stereocenters. The standard InChI is InChI=1S/C25H24N4O6S/c1-25(2,3)26-22(31)20-14-7-5-4-6-13(14)8-9-27(20)17-11-16-15(10-18(17)29(34)35)21(30)19(24(32)33)23-28(16)12-36-23/h4-7,10-11,20H,8-9,12H2,1-3H3,(H,26,31)(H,32,33). The van der Waals surface area contributed by atoms with Gasteiger partial charge in [-0.1, -0.05) is 36.0 Å². The summed E-state index contributed by atoms with van der Waals surface area (Å²) in [6.07, 6.45) is 0.580. The summed E-state index contributed by atoms with van der Waals surface area (Å²) in [5.74, 6) is -1.23.